The molecule has 0 saturated heterocycles. The number of thiophene rings is 1. The Hall–Kier alpha value is -1.74. The average molecular weight is 451 g/mol. The number of hydrogen-bond acceptors (Lipinski definition) is 7. The van der Waals surface area contributed by atoms with Gasteiger partial charge >= 0.3 is 5.66 Å². The first-order valence-electron chi connectivity index (χ1n) is 7.68. The van der Waals surface area contributed by atoms with Gasteiger partial charge in [-0.15, -0.1) is 11.3 Å². The van der Waals surface area contributed by atoms with Crippen molar-refractivity contribution in [3.05, 3.63) is 28.1 Å². The summed E-state index contributed by atoms with van der Waals surface area (Å²) < 4.78 is 45.1. The molecule has 8 nitrogen and oxygen atoms in total. The third-order valence-electron chi connectivity index (χ3n) is 3.63. The minimum Gasteiger partial charge on any atom is -0.492 e. The van der Waals surface area contributed by atoms with Gasteiger partial charge in [-0.05, 0) is 18.6 Å². The zero-order chi connectivity index (χ0) is 21.1. The Morgan fingerprint density at radius 1 is 1.50 bits per heavy atom. The first kappa shape index (κ1) is 22.5. The van der Waals surface area contributed by atoms with Gasteiger partial charge in [0.05, 0.1) is 27.9 Å². The van der Waals surface area contributed by atoms with Crippen molar-refractivity contribution >= 4 is 46.7 Å². The van der Waals surface area contributed by atoms with Crippen LogP contribution in [0.2, 0.25) is 0 Å². The molecule has 0 bridgehead atoms. The van der Waals surface area contributed by atoms with Crippen LogP contribution < -0.4 is 15.2 Å². The number of alkyl halides is 2. The van der Waals surface area contributed by atoms with Crippen LogP contribution in [-0.4, -0.2) is 39.3 Å². The van der Waals surface area contributed by atoms with Crippen molar-refractivity contribution in [3.63, 3.8) is 0 Å². The van der Waals surface area contributed by atoms with Crippen molar-refractivity contribution < 1.29 is 32.3 Å². The minimum absolute atomic E-state index is 0.0394. The molecule has 152 valence electrons. The first-order chi connectivity index (χ1) is 13.1. The van der Waals surface area contributed by atoms with Gasteiger partial charge in [-0.2, -0.15) is 14.0 Å². The monoisotopic (exact) mass is 451 g/mol. The molecule has 0 aliphatic heterocycles. The summed E-state index contributed by atoms with van der Waals surface area (Å²) in [6, 6.07) is 4.25. The number of ether oxygens (including phenoxy) is 1. The molecule has 1 aromatic heterocycles. The summed E-state index contributed by atoms with van der Waals surface area (Å²) >= 11 is 0.485. The Morgan fingerprint density at radius 3 is 2.71 bits per heavy atom. The number of rotatable bonds is 8. The second-order valence-electron chi connectivity index (χ2n) is 5.47. The van der Waals surface area contributed by atoms with Gasteiger partial charge in [0.2, 0.25) is 8.38 Å². The molecule has 28 heavy (non-hydrogen) atoms. The lowest BCUT2D eigenvalue weighted by molar-refractivity contribution is 0.0770. The highest BCUT2D eigenvalue weighted by molar-refractivity contribution is 7.82. The van der Waals surface area contributed by atoms with E-state index in [0.29, 0.717) is 17.8 Å². The van der Waals surface area contributed by atoms with Crippen LogP contribution >= 0.6 is 19.7 Å². The molecule has 1 amide bonds. The summed E-state index contributed by atoms with van der Waals surface area (Å²) in [5, 5.41) is 17.0. The summed E-state index contributed by atoms with van der Waals surface area (Å²) in [6.45, 7) is 0.0491. The fourth-order valence-electron chi connectivity index (χ4n) is 2.35. The van der Waals surface area contributed by atoms with E-state index in [-0.39, 0.29) is 33.8 Å². The number of carbonyl (C=O) groups is 1. The number of halogens is 2. The predicted octanol–water partition coefficient (Wildman–Crippen LogP) is 1.87. The average Bonchev–Trinajstić information content (AvgIpc) is 3.03. The van der Waals surface area contributed by atoms with Gasteiger partial charge < -0.3 is 19.8 Å². The molecule has 0 saturated carbocycles. The maximum atomic E-state index is 14.2. The van der Waals surface area contributed by atoms with E-state index < -0.39 is 41.4 Å². The maximum absolute atomic E-state index is 14.2. The standard InChI is InChI=1S/C15H16F2N3O5PS2/c1-20-14(21)8-5-9-10(7-18)13(15(16,17)26(22)23)27-12(9)11(6-8)25-3-2-4-28(19)24/h5-6,22-23H,2-4,19H2,1H3,(H,20,21). The Kier molecular flexibility index (Phi) is 7.39. The van der Waals surface area contributed by atoms with Gasteiger partial charge in [0.25, 0.3) is 5.91 Å². The number of nitrogens with zero attached hydrogens (tertiary/aromatic N) is 1. The molecule has 1 unspecified atom stereocenters. The van der Waals surface area contributed by atoms with Crippen LogP contribution in [0.25, 0.3) is 10.1 Å². The zero-order valence-corrected chi connectivity index (χ0v) is 17.0. The molecule has 1 atom stereocenters. The molecular formula is C15H16F2N3O5PS2. The number of nitrogens with two attached hydrogens (primary N) is 1. The second-order valence-corrected chi connectivity index (χ2v) is 8.80. The van der Waals surface area contributed by atoms with E-state index in [2.05, 4.69) is 5.32 Å². The van der Waals surface area contributed by atoms with Gasteiger partial charge in [0.15, 0.2) is 0 Å². The molecular weight excluding hydrogens is 435 g/mol. The topological polar surface area (TPSA) is 146 Å². The Balaban J connectivity index is 2.62. The lowest BCUT2D eigenvalue weighted by Gasteiger charge is -2.15. The maximum Gasteiger partial charge on any atom is 0.349 e. The van der Waals surface area contributed by atoms with Gasteiger partial charge in [0.1, 0.15) is 16.7 Å². The highest BCUT2D eigenvalue weighted by Gasteiger charge is 2.45. The molecule has 1 heterocycles. The molecule has 13 heteroatoms. The van der Waals surface area contributed by atoms with Crippen LogP contribution in [0.4, 0.5) is 8.78 Å². The third-order valence-corrected chi connectivity index (χ3v) is 6.49. The van der Waals surface area contributed by atoms with Crippen molar-refractivity contribution in [1.29, 1.82) is 5.26 Å². The molecule has 2 aromatic rings. The highest BCUT2D eigenvalue weighted by atomic mass is 32.2. The quantitative estimate of drug-likeness (QED) is 0.356. The summed E-state index contributed by atoms with van der Waals surface area (Å²) in [5.74, 6) is -0.290. The smallest absolute Gasteiger partial charge is 0.349 e. The molecule has 0 aliphatic rings. The number of hydrogen-bond donors (Lipinski definition) is 4. The molecule has 0 spiro atoms. The SMILES string of the molecule is CNC(=O)c1cc(OCCCS(N)=O)c2sc(C(F)(F)P(O)O)c(C#N)c2c1. The van der Waals surface area contributed by atoms with Crippen LogP contribution in [0.3, 0.4) is 0 Å². The number of carbonyl (C=O) groups excluding carboxylic acids is 1. The number of nitrogens with one attached hydrogen (secondary N) is 1. The van der Waals surface area contributed by atoms with E-state index in [4.69, 9.17) is 19.7 Å². The minimum atomic E-state index is -4.02. The van der Waals surface area contributed by atoms with E-state index in [9.17, 15) is 23.0 Å². The summed E-state index contributed by atoms with van der Waals surface area (Å²) in [4.78, 5) is 29.4. The largest absolute Gasteiger partial charge is 0.492 e. The van der Waals surface area contributed by atoms with E-state index in [1.807, 2.05) is 0 Å². The zero-order valence-electron chi connectivity index (χ0n) is 14.4. The molecule has 0 aliphatic carbocycles. The molecule has 1 aromatic carbocycles. The Bertz CT molecular complexity index is 961. The van der Waals surface area contributed by atoms with Gasteiger partial charge in [0, 0.05) is 23.8 Å². The first-order valence-corrected chi connectivity index (χ1v) is 11.1. The van der Waals surface area contributed by atoms with Crippen molar-refractivity contribution in [1.82, 2.24) is 5.32 Å². The normalized spacial score (nSPS) is 12.8. The van der Waals surface area contributed by atoms with Crippen LogP contribution in [0, 0.1) is 11.3 Å². The number of fused-ring (bicyclic) bond motifs is 1. The molecule has 0 fully saturated rings. The number of benzene rings is 1. The lowest BCUT2D eigenvalue weighted by Crippen LogP contribution is -2.18. The van der Waals surface area contributed by atoms with Gasteiger partial charge in [-0.1, -0.05) is 0 Å². The highest BCUT2D eigenvalue weighted by Crippen LogP contribution is 2.57. The van der Waals surface area contributed by atoms with Crippen molar-refractivity contribution in [3.8, 4) is 11.8 Å². The van der Waals surface area contributed by atoms with Crippen LogP contribution in [0.1, 0.15) is 27.2 Å². The molecule has 5 N–H and O–H groups in total. The van der Waals surface area contributed by atoms with E-state index in [1.165, 1.54) is 19.2 Å². The van der Waals surface area contributed by atoms with Crippen LogP contribution in [0.15, 0.2) is 12.1 Å². The fraction of sp³-hybridized carbons (Fsp3) is 0.333. The second kappa shape index (κ2) is 9.17. The van der Waals surface area contributed by atoms with Crippen molar-refractivity contribution in [2.45, 2.75) is 12.1 Å². The van der Waals surface area contributed by atoms with Gasteiger partial charge in [-0.25, -0.2) is 4.21 Å². The number of amides is 1. The van der Waals surface area contributed by atoms with Crippen molar-refractivity contribution in [2.75, 3.05) is 19.4 Å². The molecule has 0 radical (unpaired) electrons. The number of nitriles is 1. The van der Waals surface area contributed by atoms with E-state index >= 15 is 0 Å². The Morgan fingerprint density at radius 2 is 2.18 bits per heavy atom. The van der Waals surface area contributed by atoms with E-state index in [1.54, 1.807) is 6.07 Å². The summed E-state index contributed by atoms with van der Waals surface area (Å²) in [5.41, 5.74) is -4.41. The third kappa shape index (κ3) is 4.63. The summed E-state index contributed by atoms with van der Waals surface area (Å²) in [6.07, 6.45) is 0.312. The molecule has 2 rings (SSSR count). The fourth-order valence-corrected chi connectivity index (χ4v) is 4.50. The summed E-state index contributed by atoms with van der Waals surface area (Å²) in [7, 11) is -3.81. The van der Waals surface area contributed by atoms with Crippen molar-refractivity contribution in [2.24, 2.45) is 5.14 Å². The van der Waals surface area contributed by atoms with Gasteiger partial charge in [-0.3, -0.25) is 9.93 Å². The van der Waals surface area contributed by atoms with E-state index in [0.717, 1.165) is 0 Å². The van der Waals surface area contributed by atoms with Crippen LogP contribution in [0.5, 0.6) is 5.75 Å². The van der Waals surface area contributed by atoms with Crippen LogP contribution in [-0.2, 0) is 16.6 Å². The lowest BCUT2D eigenvalue weighted by atomic mass is 10.1. The Labute approximate surface area is 166 Å². The predicted molar refractivity (Wildman–Crippen MR) is 102 cm³/mol.